The van der Waals surface area contributed by atoms with Gasteiger partial charge in [-0.1, -0.05) is 0 Å². The number of Topliss-reactive ketones (excluding diaryl/α,β-unsaturated/α-hetero) is 1. The molecule has 0 saturated carbocycles. The topological polar surface area (TPSA) is 17.1 Å². The molecule has 0 heterocycles. The van der Waals surface area contributed by atoms with Crippen molar-refractivity contribution in [2.24, 2.45) is 0 Å². The van der Waals surface area contributed by atoms with E-state index in [0.29, 0.717) is 6.42 Å². The van der Waals surface area contributed by atoms with E-state index >= 15 is 0 Å². The molecule has 0 bridgehead atoms. The molecule has 1 nitrogen and oxygen atoms in total. The summed E-state index contributed by atoms with van der Waals surface area (Å²) >= 11 is 0. The third-order valence-corrected chi connectivity index (χ3v) is 1.22. The van der Waals surface area contributed by atoms with Gasteiger partial charge in [-0.3, -0.25) is 0 Å². The van der Waals surface area contributed by atoms with Crippen LogP contribution in [0.4, 0.5) is 0 Å². The summed E-state index contributed by atoms with van der Waals surface area (Å²) in [5, 5.41) is 0. The van der Waals surface area contributed by atoms with Gasteiger partial charge in [0.25, 0.3) is 0 Å². The molecule has 0 spiro atoms. The molecule has 0 aliphatic carbocycles. The van der Waals surface area contributed by atoms with Crippen molar-refractivity contribution in [3.05, 3.63) is 35.9 Å². The normalized spacial score (nSPS) is 8.45. The monoisotopic (exact) mass is 197 g/mol. The second-order valence-electron chi connectivity index (χ2n) is 2.29. The van der Waals surface area contributed by atoms with Crippen LogP contribution in [0.25, 0.3) is 0 Å². The molecule has 2 heteroatoms. The van der Waals surface area contributed by atoms with Crippen LogP contribution in [0.3, 0.4) is 0 Å². The number of rotatable bonds is 2. The van der Waals surface area contributed by atoms with Crippen LogP contribution in [0.15, 0.2) is 24.3 Å². The van der Waals surface area contributed by atoms with Gasteiger partial charge in [-0.15, -0.1) is 5.56 Å². The Kier molecular flexibility index (Phi) is 4.97. The summed E-state index contributed by atoms with van der Waals surface area (Å²) in [5.74, 6) is 0.194. The van der Waals surface area contributed by atoms with Gasteiger partial charge >= 0.3 is 0 Å². The summed E-state index contributed by atoms with van der Waals surface area (Å²) < 4.78 is 0. The van der Waals surface area contributed by atoms with Gasteiger partial charge in [-0.25, -0.2) is 0 Å². The minimum atomic E-state index is 0. The Balaban J connectivity index is 0.000001000. The first-order valence-electron chi connectivity index (χ1n) is 3.23. The Bertz CT molecular complexity index is 218. The van der Waals surface area contributed by atoms with Gasteiger partial charge in [0.1, 0.15) is 5.78 Å². The minimum absolute atomic E-state index is 0. The van der Waals surface area contributed by atoms with Gasteiger partial charge in [-0.05, 0) is 13.3 Å². The number of ketones is 1. The molecule has 54 valence electrons. The van der Waals surface area contributed by atoms with Crippen LogP contribution < -0.4 is 0 Å². The maximum Gasteiger partial charge on any atom is 0.122 e. The summed E-state index contributed by atoms with van der Waals surface area (Å²) in [7, 11) is 0. The molecule has 0 radical (unpaired) electrons. The molecule has 0 aliphatic rings. The van der Waals surface area contributed by atoms with Crippen molar-refractivity contribution in [2.75, 3.05) is 0 Å². The molecular weight excluding hydrogens is 189 g/mol. The largest absolute Gasteiger partial charge is 0.301 e. The fourth-order valence-electron chi connectivity index (χ4n) is 0.828. The van der Waals surface area contributed by atoms with Crippen molar-refractivity contribution in [3.8, 4) is 0 Å². The molecule has 0 N–H and O–H groups in total. The van der Waals surface area contributed by atoms with E-state index in [-0.39, 0.29) is 25.3 Å². The number of carbonyl (C=O) groups excluding carboxylic acids is 1. The van der Waals surface area contributed by atoms with Crippen LogP contribution in [0.1, 0.15) is 12.5 Å². The van der Waals surface area contributed by atoms with Crippen LogP contribution in [-0.4, -0.2) is 5.78 Å². The van der Waals surface area contributed by atoms with E-state index in [2.05, 4.69) is 6.07 Å². The fourth-order valence-corrected chi connectivity index (χ4v) is 0.828. The average molecular weight is 199 g/mol. The summed E-state index contributed by atoms with van der Waals surface area (Å²) in [6, 6.07) is 10.4. The molecule has 0 amide bonds. The molecule has 0 atom stereocenters. The quantitative estimate of drug-likeness (QED) is 0.521. The Morgan fingerprint density at radius 3 is 2.82 bits per heavy atom. The number of hydrogen-bond donors (Lipinski definition) is 0. The molecule has 0 unspecified atom stereocenters. The van der Waals surface area contributed by atoms with Gasteiger partial charge < -0.3 is 4.79 Å². The van der Waals surface area contributed by atoms with Crippen molar-refractivity contribution in [3.63, 3.8) is 0 Å². The van der Waals surface area contributed by atoms with E-state index in [4.69, 9.17) is 0 Å². The second-order valence-corrected chi connectivity index (χ2v) is 2.29. The van der Waals surface area contributed by atoms with E-state index < -0.39 is 0 Å². The molecule has 0 aliphatic heterocycles. The fraction of sp³-hybridized carbons (Fsp3) is 0.222. The Morgan fingerprint density at radius 1 is 1.64 bits per heavy atom. The third-order valence-electron chi connectivity index (χ3n) is 1.22. The Hall–Kier alpha value is -0.487. The molecule has 0 saturated heterocycles. The maximum absolute atomic E-state index is 10.6. The summed E-state index contributed by atoms with van der Waals surface area (Å²) in [6.07, 6.45) is 0.525. The van der Waals surface area contributed by atoms with E-state index in [1.54, 1.807) is 6.92 Å². The number of benzene rings is 1. The zero-order chi connectivity index (χ0) is 7.40. The minimum Gasteiger partial charge on any atom is -0.301 e. The smallest absolute Gasteiger partial charge is 0.122 e. The van der Waals surface area contributed by atoms with E-state index in [0.717, 1.165) is 5.56 Å². The molecule has 11 heavy (non-hydrogen) atoms. The Labute approximate surface area is 79.6 Å². The molecule has 1 aromatic carbocycles. The molecule has 0 aromatic heterocycles. The SMILES string of the molecule is CC(=O)Cc1c[c-]ccc1.[Zn]. The predicted molar refractivity (Wildman–Crippen MR) is 39.7 cm³/mol. The van der Waals surface area contributed by atoms with Crippen molar-refractivity contribution in [1.82, 2.24) is 0 Å². The second kappa shape index (κ2) is 5.20. The Morgan fingerprint density at radius 2 is 2.36 bits per heavy atom. The van der Waals surface area contributed by atoms with Gasteiger partial charge in [0.2, 0.25) is 0 Å². The average Bonchev–Trinajstić information content (AvgIpc) is 1.88. The van der Waals surface area contributed by atoms with Crippen LogP contribution in [0, 0.1) is 6.07 Å². The first kappa shape index (κ1) is 10.5. The van der Waals surface area contributed by atoms with Crippen LogP contribution in [0.5, 0.6) is 0 Å². The molecular formula is C9H9OZn-. The van der Waals surface area contributed by atoms with E-state index in [1.165, 1.54) is 0 Å². The van der Waals surface area contributed by atoms with Crippen molar-refractivity contribution < 1.29 is 24.3 Å². The van der Waals surface area contributed by atoms with Crippen LogP contribution in [0.2, 0.25) is 0 Å². The van der Waals surface area contributed by atoms with Gasteiger partial charge in [0.15, 0.2) is 0 Å². The van der Waals surface area contributed by atoms with Gasteiger partial charge in [0, 0.05) is 19.5 Å². The first-order chi connectivity index (χ1) is 4.79. The number of carbonyl (C=O) groups is 1. The predicted octanol–water partition coefficient (Wildman–Crippen LogP) is 1.62. The van der Waals surface area contributed by atoms with Crippen LogP contribution in [-0.2, 0) is 30.7 Å². The molecule has 0 fully saturated rings. The van der Waals surface area contributed by atoms with E-state index in [9.17, 15) is 4.79 Å². The van der Waals surface area contributed by atoms with Gasteiger partial charge in [-0.2, -0.15) is 30.3 Å². The third kappa shape index (κ3) is 4.05. The molecule has 1 aromatic rings. The maximum atomic E-state index is 10.6. The number of hydrogen-bond acceptors (Lipinski definition) is 1. The van der Waals surface area contributed by atoms with E-state index in [1.807, 2.05) is 24.3 Å². The zero-order valence-corrected chi connectivity index (χ0v) is 9.60. The zero-order valence-electron chi connectivity index (χ0n) is 6.63. The summed E-state index contributed by atoms with van der Waals surface area (Å²) in [4.78, 5) is 10.6. The summed E-state index contributed by atoms with van der Waals surface area (Å²) in [5.41, 5.74) is 1.04. The van der Waals surface area contributed by atoms with Gasteiger partial charge in [0.05, 0.1) is 0 Å². The van der Waals surface area contributed by atoms with Crippen molar-refractivity contribution in [2.45, 2.75) is 13.3 Å². The molecule has 1 rings (SSSR count). The summed E-state index contributed by atoms with van der Waals surface area (Å²) in [6.45, 7) is 1.59. The van der Waals surface area contributed by atoms with Crippen LogP contribution >= 0.6 is 0 Å². The standard InChI is InChI=1S/C9H9O.Zn/c1-8(10)7-9-5-3-2-4-6-9;/h2-3,5-6H,7H2,1H3;/q-1;. The van der Waals surface area contributed by atoms with Crippen molar-refractivity contribution in [1.29, 1.82) is 0 Å². The first-order valence-corrected chi connectivity index (χ1v) is 3.23. The van der Waals surface area contributed by atoms with Crippen molar-refractivity contribution >= 4 is 5.78 Å².